The quantitative estimate of drug-likeness (QED) is 0.863. The Balaban J connectivity index is 2.62. The van der Waals surface area contributed by atoms with E-state index in [9.17, 15) is 9.59 Å². The molecule has 0 aliphatic heterocycles. The maximum absolute atomic E-state index is 12.2. The number of aromatic amines is 1. The van der Waals surface area contributed by atoms with Crippen molar-refractivity contribution in [2.45, 2.75) is 40.7 Å². The van der Waals surface area contributed by atoms with Gasteiger partial charge in [-0.25, -0.2) is 4.79 Å². The van der Waals surface area contributed by atoms with Crippen LogP contribution in [0, 0.1) is 13.8 Å². The maximum Gasteiger partial charge on any atom is 0.331 e. The third kappa shape index (κ3) is 3.80. The average molecular weight is 314 g/mol. The van der Waals surface area contributed by atoms with Gasteiger partial charge in [-0.3, -0.25) is 14.3 Å². The highest BCUT2D eigenvalue weighted by atomic mass is 16.5. The first-order chi connectivity index (χ1) is 11.0. The lowest BCUT2D eigenvalue weighted by molar-refractivity contribution is 0.415. The molecule has 5 heteroatoms. The highest BCUT2D eigenvalue weighted by Gasteiger charge is 2.15. The second kappa shape index (κ2) is 7.13. The standard InChI is InChI=1S/C18H22N2O3/c1-5-7-8-20-17(15(6-2)16(21)19-18(20)22)23-14-10-12(3)9-13(4)11-14/h5,7,9-11H,6,8H2,1-4H3,(H,19,21,22)/b7-5-. The van der Waals surface area contributed by atoms with Gasteiger partial charge in [0.2, 0.25) is 5.88 Å². The van der Waals surface area contributed by atoms with Crippen molar-refractivity contribution in [3.8, 4) is 11.6 Å². The number of allylic oxidation sites excluding steroid dienone is 2. The average Bonchev–Trinajstić information content (AvgIpc) is 2.46. The molecule has 1 aromatic heterocycles. The van der Waals surface area contributed by atoms with Crippen LogP contribution in [0.3, 0.4) is 0 Å². The van der Waals surface area contributed by atoms with E-state index in [-0.39, 0.29) is 0 Å². The van der Waals surface area contributed by atoms with Gasteiger partial charge in [0, 0.05) is 6.54 Å². The highest BCUT2D eigenvalue weighted by molar-refractivity contribution is 5.37. The lowest BCUT2D eigenvalue weighted by atomic mass is 10.1. The van der Waals surface area contributed by atoms with Gasteiger partial charge in [0.05, 0.1) is 5.56 Å². The molecule has 122 valence electrons. The van der Waals surface area contributed by atoms with Crippen LogP contribution >= 0.6 is 0 Å². The van der Waals surface area contributed by atoms with E-state index in [1.165, 1.54) is 4.57 Å². The fourth-order valence-corrected chi connectivity index (χ4v) is 2.50. The first-order valence-electron chi connectivity index (χ1n) is 7.69. The monoisotopic (exact) mass is 314 g/mol. The Morgan fingerprint density at radius 1 is 1.17 bits per heavy atom. The van der Waals surface area contributed by atoms with Crippen LogP contribution in [0.2, 0.25) is 0 Å². The number of rotatable bonds is 5. The second-order valence-electron chi connectivity index (χ2n) is 5.50. The summed E-state index contributed by atoms with van der Waals surface area (Å²) >= 11 is 0. The molecule has 0 fully saturated rings. The molecule has 0 radical (unpaired) electrons. The summed E-state index contributed by atoms with van der Waals surface area (Å²) in [6, 6.07) is 5.81. The Morgan fingerprint density at radius 3 is 2.39 bits per heavy atom. The van der Waals surface area contributed by atoms with E-state index >= 15 is 0 Å². The van der Waals surface area contributed by atoms with Crippen molar-refractivity contribution in [2.24, 2.45) is 0 Å². The maximum atomic E-state index is 12.2. The summed E-state index contributed by atoms with van der Waals surface area (Å²) in [5, 5.41) is 0. The zero-order valence-corrected chi connectivity index (χ0v) is 14.0. The first kappa shape index (κ1) is 16.8. The van der Waals surface area contributed by atoms with Crippen molar-refractivity contribution in [1.29, 1.82) is 0 Å². The molecular formula is C18H22N2O3. The predicted octanol–water partition coefficient (Wildman–Crippen LogP) is 3.08. The lowest BCUT2D eigenvalue weighted by Crippen LogP contribution is -2.33. The summed E-state index contributed by atoms with van der Waals surface area (Å²) in [4.78, 5) is 26.6. The van der Waals surface area contributed by atoms with E-state index < -0.39 is 11.2 Å². The van der Waals surface area contributed by atoms with Gasteiger partial charge in [0.1, 0.15) is 5.75 Å². The summed E-state index contributed by atoms with van der Waals surface area (Å²) in [6.07, 6.45) is 4.17. The van der Waals surface area contributed by atoms with Crippen LogP contribution < -0.4 is 16.0 Å². The SMILES string of the molecule is C/C=C\Cn1c(Oc2cc(C)cc(C)c2)c(CC)c(=O)[nH]c1=O. The van der Waals surface area contributed by atoms with Crippen LogP contribution in [0.4, 0.5) is 0 Å². The largest absolute Gasteiger partial charge is 0.440 e. The third-order valence-electron chi connectivity index (χ3n) is 3.53. The summed E-state index contributed by atoms with van der Waals surface area (Å²) < 4.78 is 7.40. The Kier molecular flexibility index (Phi) is 5.21. The minimum atomic E-state index is -0.468. The van der Waals surface area contributed by atoms with Crippen LogP contribution in [0.5, 0.6) is 11.6 Å². The van der Waals surface area contributed by atoms with Gasteiger partial charge in [0.25, 0.3) is 5.56 Å². The second-order valence-corrected chi connectivity index (χ2v) is 5.50. The van der Waals surface area contributed by atoms with E-state index in [2.05, 4.69) is 4.98 Å². The smallest absolute Gasteiger partial charge is 0.331 e. The molecule has 2 rings (SSSR count). The van der Waals surface area contributed by atoms with Gasteiger partial charge in [-0.15, -0.1) is 0 Å². The van der Waals surface area contributed by atoms with Gasteiger partial charge < -0.3 is 4.74 Å². The summed E-state index contributed by atoms with van der Waals surface area (Å²) in [5.74, 6) is 0.931. The van der Waals surface area contributed by atoms with Gasteiger partial charge in [-0.2, -0.15) is 0 Å². The molecule has 0 bridgehead atoms. The zero-order chi connectivity index (χ0) is 17.0. The Morgan fingerprint density at radius 2 is 1.83 bits per heavy atom. The molecule has 0 aliphatic carbocycles. The highest BCUT2D eigenvalue weighted by Crippen LogP contribution is 2.25. The Labute approximate surface area is 135 Å². The van der Waals surface area contributed by atoms with Crippen molar-refractivity contribution in [1.82, 2.24) is 9.55 Å². The molecule has 0 atom stereocenters. The van der Waals surface area contributed by atoms with Crippen LogP contribution in [0.1, 0.15) is 30.5 Å². The molecule has 0 unspecified atom stereocenters. The molecule has 23 heavy (non-hydrogen) atoms. The molecule has 1 heterocycles. The van der Waals surface area contributed by atoms with Crippen LogP contribution in [-0.2, 0) is 13.0 Å². The van der Waals surface area contributed by atoms with E-state index in [1.807, 2.05) is 58.0 Å². The van der Waals surface area contributed by atoms with Gasteiger partial charge in [-0.05, 0) is 50.5 Å². The lowest BCUT2D eigenvalue weighted by Gasteiger charge is -2.15. The summed E-state index contributed by atoms with van der Waals surface area (Å²) in [7, 11) is 0. The number of aryl methyl sites for hydroxylation is 2. The van der Waals surface area contributed by atoms with Crippen LogP contribution in [0.15, 0.2) is 39.9 Å². The number of ether oxygens (including phenoxy) is 1. The van der Waals surface area contributed by atoms with Gasteiger partial charge in [-0.1, -0.05) is 25.1 Å². The third-order valence-corrected chi connectivity index (χ3v) is 3.53. The topological polar surface area (TPSA) is 64.1 Å². The molecule has 0 amide bonds. The molecule has 0 aliphatic rings. The van der Waals surface area contributed by atoms with E-state index in [0.717, 1.165) is 11.1 Å². The van der Waals surface area contributed by atoms with E-state index in [0.29, 0.717) is 30.2 Å². The van der Waals surface area contributed by atoms with Gasteiger partial charge in [0.15, 0.2) is 0 Å². The molecule has 2 aromatic rings. The molecule has 0 spiro atoms. The Hall–Kier alpha value is -2.56. The summed E-state index contributed by atoms with van der Waals surface area (Å²) in [5.41, 5.74) is 1.72. The van der Waals surface area contributed by atoms with Crippen molar-refractivity contribution in [3.05, 3.63) is 67.9 Å². The zero-order valence-electron chi connectivity index (χ0n) is 14.0. The Bertz CT molecular complexity index is 824. The fourth-order valence-electron chi connectivity index (χ4n) is 2.50. The molecule has 0 saturated heterocycles. The molecule has 5 nitrogen and oxygen atoms in total. The number of nitrogens with zero attached hydrogens (tertiary/aromatic N) is 1. The fraction of sp³-hybridized carbons (Fsp3) is 0.333. The molecular weight excluding hydrogens is 292 g/mol. The molecule has 0 saturated carbocycles. The van der Waals surface area contributed by atoms with E-state index in [4.69, 9.17) is 4.74 Å². The molecule has 1 aromatic carbocycles. The first-order valence-corrected chi connectivity index (χ1v) is 7.69. The predicted molar refractivity (Wildman–Crippen MR) is 91.5 cm³/mol. The van der Waals surface area contributed by atoms with Crippen molar-refractivity contribution >= 4 is 0 Å². The van der Waals surface area contributed by atoms with Crippen molar-refractivity contribution in [3.63, 3.8) is 0 Å². The van der Waals surface area contributed by atoms with Crippen LogP contribution in [-0.4, -0.2) is 9.55 Å². The van der Waals surface area contributed by atoms with E-state index in [1.54, 1.807) is 0 Å². The number of hydrogen-bond donors (Lipinski definition) is 1. The number of hydrogen-bond acceptors (Lipinski definition) is 3. The number of nitrogens with one attached hydrogen (secondary N) is 1. The number of benzene rings is 1. The van der Waals surface area contributed by atoms with Crippen molar-refractivity contribution < 1.29 is 4.74 Å². The number of aromatic nitrogens is 2. The molecule has 1 N–H and O–H groups in total. The summed E-state index contributed by atoms with van der Waals surface area (Å²) in [6.45, 7) is 8.04. The van der Waals surface area contributed by atoms with Gasteiger partial charge >= 0.3 is 5.69 Å². The minimum Gasteiger partial charge on any atom is -0.440 e. The minimum absolute atomic E-state index is 0.310. The number of H-pyrrole nitrogens is 1. The van der Waals surface area contributed by atoms with Crippen molar-refractivity contribution in [2.75, 3.05) is 0 Å². The van der Waals surface area contributed by atoms with Crippen LogP contribution in [0.25, 0.3) is 0 Å². The normalized spacial score (nSPS) is 11.1.